The highest BCUT2D eigenvalue weighted by molar-refractivity contribution is 5.85. The van der Waals surface area contributed by atoms with E-state index in [9.17, 15) is 4.79 Å². The van der Waals surface area contributed by atoms with Gasteiger partial charge >= 0.3 is 6.09 Å². The fraction of sp³-hybridized carbons (Fsp3) is 0.0556. The monoisotopic (exact) mass is 321 g/mol. The van der Waals surface area contributed by atoms with Gasteiger partial charge in [0.05, 0.1) is 18.1 Å². The van der Waals surface area contributed by atoms with Gasteiger partial charge in [-0.1, -0.05) is 42.5 Å². The SMILES string of the molecule is O=C(Nc1ccc(-c2cnc(O)cn2)cc1)OCc1ccccc1. The molecular formula is C18H15N3O3. The molecule has 6 heteroatoms. The van der Waals surface area contributed by atoms with Crippen LogP contribution in [-0.2, 0) is 11.3 Å². The molecule has 0 saturated heterocycles. The van der Waals surface area contributed by atoms with E-state index in [1.165, 1.54) is 12.4 Å². The first-order valence-electron chi connectivity index (χ1n) is 7.30. The number of amides is 1. The first kappa shape index (κ1) is 15.5. The first-order valence-corrected chi connectivity index (χ1v) is 7.30. The molecule has 2 N–H and O–H groups in total. The molecular weight excluding hydrogens is 306 g/mol. The number of hydrogen-bond acceptors (Lipinski definition) is 5. The summed E-state index contributed by atoms with van der Waals surface area (Å²) >= 11 is 0. The molecule has 120 valence electrons. The molecule has 0 bridgehead atoms. The van der Waals surface area contributed by atoms with E-state index in [-0.39, 0.29) is 12.5 Å². The lowest BCUT2D eigenvalue weighted by Crippen LogP contribution is -2.13. The molecule has 2 aromatic carbocycles. The minimum atomic E-state index is -0.518. The van der Waals surface area contributed by atoms with Crippen LogP contribution < -0.4 is 5.32 Å². The van der Waals surface area contributed by atoms with E-state index in [2.05, 4.69) is 15.3 Å². The van der Waals surface area contributed by atoms with E-state index in [0.29, 0.717) is 11.4 Å². The minimum Gasteiger partial charge on any atom is -0.492 e. The smallest absolute Gasteiger partial charge is 0.411 e. The summed E-state index contributed by atoms with van der Waals surface area (Å²) in [5, 5.41) is 11.8. The lowest BCUT2D eigenvalue weighted by atomic mass is 10.1. The second-order valence-electron chi connectivity index (χ2n) is 5.02. The van der Waals surface area contributed by atoms with E-state index in [1.807, 2.05) is 30.3 Å². The summed E-state index contributed by atoms with van der Waals surface area (Å²) < 4.78 is 5.16. The average molecular weight is 321 g/mol. The third-order valence-electron chi connectivity index (χ3n) is 3.28. The number of aromatic nitrogens is 2. The van der Waals surface area contributed by atoms with E-state index in [1.54, 1.807) is 24.3 Å². The van der Waals surface area contributed by atoms with Crippen LogP contribution in [0, 0.1) is 0 Å². The summed E-state index contributed by atoms with van der Waals surface area (Å²) in [5.41, 5.74) is 2.99. The van der Waals surface area contributed by atoms with E-state index < -0.39 is 6.09 Å². The Balaban J connectivity index is 1.57. The maximum atomic E-state index is 11.8. The number of rotatable bonds is 4. The van der Waals surface area contributed by atoms with Crippen molar-refractivity contribution in [1.82, 2.24) is 9.97 Å². The van der Waals surface area contributed by atoms with Gasteiger partial charge in [-0.15, -0.1) is 0 Å². The first-order chi connectivity index (χ1) is 11.7. The predicted molar refractivity (Wildman–Crippen MR) is 89.4 cm³/mol. The van der Waals surface area contributed by atoms with Gasteiger partial charge in [0.15, 0.2) is 0 Å². The van der Waals surface area contributed by atoms with Crippen LogP contribution in [0.25, 0.3) is 11.3 Å². The normalized spacial score (nSPS) is 10.2. The van der Waals surface area contributed by atoms with Gasteiger partial charge in [-0.2, -0.15) is 0 Å². The van der Waals surface area contributed by atoms with Crippen molar-refractivity contribution in [3.05, 3.63) is 72.6 Å². The zero-order chi connectivity index (χ0) is 16.8. The van der Waals surface area contributed by atoms with Gasteiger partial charge in [0.25, 0.3) is 0 Å². The standard InChI is InChI=1S/C18H15N3O3/c22-17-11-19-16(10-20-17)14-6-8-15(9-7-14)21-18(23)24-12-13-4-2-1-3-5-13/h1-11H,12H2,(H,20,22)(H,21,23). The van der Waals surface area contributed by atoms with Gasteiger partial charge in [0, 0.05) is 11.3 Å². The molecule has 0 atom stereocenters. The molecule has 0 fully saturated rings. The summed E-state index contributed by atoms with van der Waals surface area (Å²) in [6.45, 7) is 0.216. The number of anilines is 1. The molecule has 1 heterocycles. The number of carbonyl (C=O) groups is 1. The molecule has 0 aliphatic carbocycles. The molecule has 0 spiro atoms. The van der Waals surface area contributed by atoms with Gasteiger partial charge in [-0.05, 0) is 17.7 Å². The highest BCUT2D eigenvalue weighted by Crippen LogP contribution is 2.19. The average Bonchev–Trinajstić information content (AvgIpc) is 2.62. The Kier molecular flexibility index (Phi) is 4.67. The van der Waals surface area contributed by atoms with Gasteiger partial charge in [-0.3, -0.25) is 5.32 Å². The van der Waals surface area contributed by atoms with Gasteiger partial charge in [-0.25, -0.2) is 14.8 Å². The van der Waals surface area contributed by atoms with Crippen molar-refractivity contribution in [3.8, 4) is 17.1 Å². The van der Waals surface area contributed by atoms with Crippen molar-refractivity contribution < 1.29 is 14.6 Å². The van der Waals surface area contributed by atoms with Crippen LogP contribution >= 0.6 is 0 Å². The summed E-state index contributed by atoms with van der Waals surface area (Å²) in [4.78, 5) is 19.7. The van der Waals surface area contributed by atoms with Crippen LogP contribution in [0.3, 0.4) is 0 Å². The second-order valence-corrected chi connectivity index (χ2v) is 5.02. The topological polar surface area (TPSA) is 84.3 Å². The number of carbonyl (C=O) groups excluding carboxylic acids is 1. The molecule has 0 saturated carbocycles. The quantitative estimate of drug-likeness (QED) is 0.767. The van der Waals surface area contributed by atoms with Crippen molar-refractivity contribution in [2.45, 2.75) is 6.61 Å². The number of aromatic hydroxyl groups is 1. The van der Waals surface area contributed by atoms with Crippen molar-refractivity contribution in [2.75, 3.05) is 5.32 Å². The predicted octanol–water partition coefficient (Wildman–Crippen LogP) is 3.60. The molecule has 0 aliphatic rings. The minimum absolute atomic E-state index is 0.127. The largest absolute Gasteiger partial charge is 0.492 e. The highest BCUT2D eigenvalue weighted by atomic mass is 16.5. The zero-order valence-corrected chi connectivity index (χ0v) is 12.7. The Labute approximate surface area is 138 Å². The summed E-state index contributed by atoms with van der Waals surface area (Å²) in [6, 6.07) is 16.6. The molecule has 0 aliphatic heterocycles. The molecule has 0 radical (unpaired) electrons. The second kappa shape index (κ2) is 7.23. The van der Waals surface area contributed by atoms with Crippen molar-refractivity contribution in [1.29, 1.82) is 0 Å². The number of benzene rings is 2. The molecule has 24 heavy (non-hydrogen) atoms. The van der Waals surface area contributed by atoms with Gasteiger partial charge in [0.1, 0.15) is 6.61 Å². The van der Waals surface area contributed by atoms with E-state index in [0.717, 1.165) is 11.1 Å². The lowest BCUT2D eigenvalue weighted by molar-refractivity contribution is 0.155. The van der Waals surface area contributed by atoms with Crippen molar-refractivity contribution in [3.63, 3.8) is 0 Å². The molecule has 3 rings (SSSR count). The number of nitrogens with zero attached hydrogens (tertiary/aromatic N) is 2. The third kappa shape index (κ3) is 4.07. The third-order valence-corrected chi connectivity index (χ3v) is 3.28. The van der Waals surface area contributed by atoms with Crippen LogP contribution in [0.5, 0.6) is 5.88 Å². The molecule has 1 amide bonds. The molecule has 1 aromatic heterocycles. The highest BCUT2D eigenvalue weighted by Gasteiger charge is 2.05. The van der Waals surface area contributed by atoms with Crippen LogP contribution in [0.2, 0.25) is 0 Å². The Morgan fingerprint density at radius 2 is 1.75 bits per heavy atom. The summed E-state index contributed by atoms with van der Waals surface area (Å²) in [7, 11) is 0. The Morgan fingerprint density at radius 3 is 2.42 bits per heavy atom. The maximum Gasteiger partial charge on any atom is 0.411 e. The summed E-state index contributed by atoms with van der Waals surface area (Å²) in [5.74, 6) is -0.127. The van der Waals surface area contributed by atoms with Crippen LogP contribution in [0.4, 0.5) is 10.5 Å². The fourth-order valence-corrected chi connectivity index (χ4v) is 2.07. The number of hydrogen-bond donors (Lipinski definition) is 2. The fourth-order valence-electron chi connectivity index (χ4n) is 2.07. The maximum absolute atomic E-state index is 11.8. The number of ether oxygens (including phenoxy) is 1. The van der Waals surface area contributed by atoms with Crippen molar-refractivity contribution >= 4 is 11.8 Å². The lowest BCUT2D eigenvalue weighted by Gasteiger charge is -2.08. The van der Waals surface area contributed by atoms with Crippen LogP contribution in [0.15, 0.2) is 67.0 Å². The molecule has 3 aromatic rings. The van der Waals surface area contributed by atoms with Crippen LogP contribution in [-0.4, -0.2) is 21.2 Å². The Morgan fingerprint density at radius 1 is 1.00 bits per heavy atom. The van der Waals surface area contributed by atoms with Crippen molar-refractivity contribution in [2.24, 2.45) is 0 Å². The Bertz CT molecular complexity index is 803. The van der Waals surface area contributed by atoms with E-state index >= 15 is 0 Å². The summed E-state index contributed by atoms with van der Waals surface area (Å²) in [6.07, 6.45) is 2.24. The molecule has 0 unspecified atom stereocenters. The van der Waals surface area contributed by atoms with Gasteiger partial charge in [0.2, 0.25) is 5.88 Å². The Hall–Kier alpha value is -3.41. The zero-order valence-electron chi connectivity index (χ0n) is 12.7. The van der Waals surface area contributed by atoms with E-state index in [4.69, 9.17) is 9.84 Å². The van der Waals surface area contributed by atoms with Crippen LogP contribution in [0.1, 0.15) is 5.56 Å². The van der Waals surface area contributed by atoms with Gasteiger partial charge < -0.3 is 9.84 Å². The number of nitrogens with one attached hydrogen (secondary N) is 1. The molecule has 6 nitrogen and oxygen atoms in total.